The highest BCUT2D eigenvalue weighted by molar-refractivity contribution is 7.70. The van der Waals surface area contributed by atoms with Crippen LogP contribution in [0.4, 0.5) is 8.78 Å². The van der Waals surface area contributed by atoms with E-state index < -0.39 is 22.5 Å². The molecule has 0 atom stereocenters. The number of nitrogens with zero attached hydrogens (tertiary/aromatic N) is 3. The topological polar surface area (TPSA) is 95.2 Å². The minimum Gasteiger partial charge on any atom is -0.454 e. The minimum absolute atomic E-state index is 0.174. The summed E-state index contributed by atoms with van der Waals surface area (Å²) in [6, 6.07) is 19.5. The van der Waals surface area contributed by atoms with Crippen LogP contribution >= 0.6 is 0 Å². The normalized spacial score (nSPS) is 11.2. The fraction of sp³-hybridized carbons (Fsp3) is 0.133. The van der Waals surface area contributed by atoms with Gasteiger partial charge in [0.2, 0.25) is 10.9 Å². The van der Waals surface area contributed by atoms with Crippen LogP contribution in [0, 0.1) is 11.6 Å². The third-order valence-corrected chi connectivity index (χ3v) is 6.94. The highest BCUT2D eigenvalue weighted by atomic mass is 32.2. The van der Waals surface area contributed by atoms with Crippen molar-refractivity contribution >= 4 is 10.9 Å². The van der Waals surface area contributed by atoms with Crippen LogP contribution < -0.4 is 15.0 Å². The summed E-state index contributed by atoms with van der Waals surface area (Å²) in [7, 11) is -1.13. The Labute approximate surface area is 236 Å². The first-order chi connectivity index (χ1) is 19.8. The van der Waals surface area contributed by atoms with Crippen LogP contribution in [0.5, 0.6) is 11.5 Å². The zero-order valence-electron chi connectivity index (χ0n) is 22.0. The molecule has 0 aliphatic carbocycles. The SMILES string of the molecule is Cn1cc(-c2cc(CCN[SH](=O)=O)ccc2Oc2ccc(F)cc2F)c(-c2cnn(Cc3ccccc3)c2)cc1=O. The van der Waals surface area contributed by atoms with Crippen LogP contribution in [0.3, 0.4) is 0 Å². The first kappa shape index (κ1) is 27.9. The summed E-state index contributed by atoms with van der Waals surface area (Å²) in [5, 5.41) is 4.49. The molecule has 210 valence electrons. The summed E-state index contributed by atoms with van der Waals surface area (Å²) in [6.07, 6.45) is 5.54. The summed E-state index contributed by atoms with van der Waals surface area (Å²) in [5.41, 5.74) is 3.98. The van der Waals surface area contributed by atoms with Gasteiger partial charge in [-0.15, -0.1) is 0 Å². The van der Waals surface area contributed by atoms with Gasteiger partial charge in [-0.05, 0) is 47.4 Å². The Morgan fingerprint density at radius 3 is 2.41 bits per heavy atom. The molecule has 0 aliphatic heterocycles. The molecule has 5 aromatic rings. The van der Waals surface area contributed by atoms with Crippen LogP contribution in [0.1, 0.15) is 11.1 Å². The van der Waals surface area contributed by atoms with Gasteiger partial charge in [0.25, 0.3) is 5.56 Å². The van der Waals surface area contributed by atoms with Gasteiger partial charge in [0, 0.05) is 54.8 Å². The number of halogens is 2. The summed E-state index contributed by atoms with van der Waals surface area (Å²) in [6.45, 7) is 0.709. The van der Waals surface area contributed by atoms with Gasteiger partial charge in [-0.2, -0.15) is 5.10 Å². The number of hydrogen-bond donors (Lipinski definition) is 2. The summed E-state index contributed by atoms with van der Waals surface area (Å²) >= 11 is 0. The molecular formula is C30H26F2N4O4S. The van der Waals surface area contributed by atoms with Crippen LogP contribution in [0.25, 0.3) is 22.3 Å². The molecule has 41 heavy (non-hydrogen) atoms. The van der Waals surface area contributed by atoms with Crippen LogP contribution in [0.2, 0.25) is 0 Å². The number of pyridine rings is 1. The predicted molar refractivity (Wildman–Crippen MR) is 152 cm³/mol. The predicted octanol–water partition coefficient (Wildman–Crippen LogP) is 4.69. The maximum Gasteiger partial charge on any atom is 0.250 e. The Morgan fingerprint density at radius 2 is 1.66 bits per heavy atom. The largest absolute Gasteiger partial charge is 0.454 e. The van der Waals surface area contributed by atoms with E-state index in [0.29, 0.717) is 35.2 Å². The van der Waals surface area contributed by atoms with E-state index >= 15 is 0 Å². The Kier molecular flexibility index (Phi) is 8.37. The fourth-order valence-corrected chi connectivity index (χ4v) is 4.74. The lowest BCUT2D eigenvalue weighted by atomic mass is 9.95. The zero-order valence-corrected chi connectivity index (χ0v) is 22.9. The monoisotopic (exact) mass is 576 g/mol. The average molecular weight is 577 g/mol. The van der Waals surface area contributed by atoms with Crippen molar-refractivity contribution in [3.05, 3.63) is 125 Å². The highest BCUT2D eigenvalue weighted by Gasteiger charge is 2.18. The standard InChI is InChI=1S/C30H26F2N4O4S/c1-35-19-26(24(15-30(35)37)22-16-33-36(18-22)17-21-5-3-2-4-6-21)25-13-20(11-12-34-41(38)39)7-9-28(25)40-29-10-8-23(31)14-27(29)32/h2-10,13-16,18-19,41H,11-12,17H2,1H3,(H,34,38,39). The minimum atomic E-state index is -2.75. The molecule has 1 N–H and O–H groups in total. The quantitative estimate of drug-likeness (QED) is 0.235. The van der Waals surface area contributed by atoms with Crippen molar-refractivity contribution in [1.82, 2.24) is 19.1 Å². The Balaban J connectivity index is 1.61. The first-order valence-corrected chi connectivity index (χ1v) is 13.9. The molecule has 0 bridgehead atoms. The lowest BCUT2D eigenvalue weighted by Crippen LogP contribution is -2.16. The number of benzene rings is 3. The van der Waals surface area contributed by atoms with Crippen molar-refractivity contribution in [1.29, 1.82) is 0 Å². The zero-order chi connectivity index (χ0) is 28.9. The van der Waals surface area contributed by atoms with E-state index in [1.165, 1.54) is 16.7 Å². The van der Waals surface area contributed by atoms with E-state index in [1.807, 2.05) is 36.5 Å². The molecule has 11 heteroatoms. The molecule has 0 radical (unpaired) electrons. The van der Waals surface area contributed by atoms with Gasteiger partial charge in [-0.1, -0.05) is 36.4 Å². The molecule has 0 aliphatic rings. The molecule has 0 spiro atoms. The van der Waals surface area contributed by atoms with Crippen molar-refractivity contribution in [3.63, 3.8) is 0 Å². The Morgan fingerprint density at radius 1 is 0.878 bits per heavy atom. The van der Waals surface area contributed by atoms with E-state index in [4.69, 9.17) is 4.74 Å². The van der Waals surface area contributed by atoms with Gasteiger partial charge < -0.3 is 9.30 Å². The van der Waals surface area contributed by atoms with Gasteiger partial charge in [0.15, 0.2) is 11.6 Å². The Hall–Kier alpha value is -4.61. The first-order valence-electron chi connectivity index (χ1n) is 12.7. The van der Waals surface area contributed by atoms with Crippen molar-refractivity contribution < 1.29 is 21.9 Å². The number of nitrogens with one attached hydrogen (secondary N) is 1. The maximum atomic E-state index is 14.5. The molecule has 5 rings (SSSR count). The third kappa shape index (κ3) is 6.76. The van der Waals surface area contributed by atoms with Gasteiger partial charge in [0.05, 0.1) is 12.7 Å². The second-order valence-corrected chi connectivity index (χ2v) is 10.2. The van der Waals surface area contributed by atoms with Crippen molar-refractivity contribution in [2.75, 3.05) is 6.54 Å². The molecule has 0 fully saturated rings. The van der Waals surface area contributed by atoms with Crippen LogP contribution in [0.15, 0.2) is 96.2 Å². The molecule has 0 saturated heterocycles. The maximum absolute atomic E-state index is 14.5. The van der Waals surface area contributed by atoms with E-state index in [2.05, 4.69) is 9.82 Å². The molecule has 0 saturated carbocycles. The molecule has 0 amide bonds. The highest BCUT2D eigenvalue weighted by Crippen LogP contribution is 2.39. The third-order valence-electron chi connectivity index (χ3n) is 6.46. The Bertz CT molecular complexity index is 1830. The van der Waals surface area contributed by atoms with Gasteiger partial charge in [-0.25, -0.2) is 21.9 Å². The number of ether oxygens (including phenoxy) is 1. The molecular weight excluding hydrogens is 550 g/mol. The lowest BCUT2D eigenvalue weighted by molar-refractivity contribution is 0.439. The number of aryl methyl sites for hydroxylation is 1. The average Bonchev–Trinajstić information content (AvgIpc) is 3.41. The number of rotatable bonds is 10. The van der Waals surface area contributed by atoms with Gasteiger partial charge >= 0.3 is 0 Å². The van der Waals surface area contributed by atoms with E-state index in [9.17, 15) is 22.0 Å². The fourth-order valence-electron chi connectivity index (χ4n) is 4.44. The second kappa shape index (κ2) is 12.3. The summed E-state index contributed by atoms with van der Waals surface area (Å²) in [5.74, 6) is -1.51. The molecule has 8 nitrogen and oxygen atoms in total. The number of aromatic nitrogens is 3. The summed E-state index contributed by atoms with van der Waals surface area (Å²) in [4.78, 5) is 12.8. The van der Waals surface area contributed by atoms with Gasteiger partial charge in [0.1, 0.15) is 11.6 Å². The molecule has 2 aromatic heterocycles. The smallest absolute Gasteiger partial charge is 0.250 e. The van der Waals surface area contributed by atoms with Crippen molar-refractivity contribution in [2.45, 2.75) is 13.0 Å². The van der Waals surface area contributed by atoms with Crippen molar-refractivity contribution in [3.8, 4) is 33.8 Å². The van der Waals surface area contributed by atoms with E-state index in [0.717, 1.165) is 23.3 Å². The van der Waals surface area contributed by atoms with E-state index in [1.54, 1.807) is 42.3 Å². The van der Waals surface area contributed by atoms with Crippen LogP contribution in [-0.2, 0) is 30.9 Å². The van der Waals surface area contributed by atoms with Crippen molar-refractivity contribution in [2.24, 2.45) is 7.05 Å². The second-order valence-electron chi connectivity index (χ2n) is 9.38. The van der Waals surface area contributed by atoms with Crippen LogP contribution in [-0.4, -0.2) is 29.3 Å². The molecule has 2 heterocycles. The number of thiol groups is 1. The van der Waals surface area contributed by atoms with Gasteiger partial charge in [-0.3, -0.25) is 9.48 Å². The summed E-state index contributed by atoms with van der Waals surface area (Å²) < 4.78 is 61.5. The van der Waals surface area contributed by atoms with E-state index in [-0.39, 0.29) is 23.6 Å². The molecule has 3 aromatic carbocycles. The number of hydrogen-bond acceptors (Lipinski definition) is 5. The lowest BCUT2D eigenvalue weighted by Gasteiger charge is -2.17. The molecule has 0 unspecified atom stereocenters.